The number of sulfonamides is 1. The van der Waals surface area contributed by atoms with Crippen LogP contribution in [0.3, 0.4) is 0 Å². The molecule has 0 radical (unpaired) electrons. The fourth-order valence-corrected chi connectivity index (χ4v) is 5.09. The van der Waals surface area contributed by atoms with E-state index in [2.05, 4.69) is 0 Å². The quantitative estimate of drug-likeness (QED) is 0.399. The molecule has 2 aromatic carbocycles. The third-order valence-corrected chi connectivity index (χ3v) is 7.33. The summed E-state index contributed by atoms with van der Waals surface area (Å²) in [4.78, 5) is 24.0. The molecule has 1 fully saturated rings. The molecule has 0 atom stereocenters. The SMILES string of the molecule is CCc1ccc2c(COC(=O)c3ccc(F)c(S(=O)(=O)N4CCOCC4)c3)cc(=O)oc2c1. The number of hydrogen-bond acceptors (Lipinski definition) is 7. The molecule has 1 saturated heterocycles. The van der Waals surface area contributed by atoms with Crippen molar-refractivity contribution in [1.29, 1.82) is 0 Å². The number of aryl methyl sites for hydroxylation is 1. The molecular weight excluding hydrogens is 453 g/mol. The van der Waals surface area contributed by atoms with Crippen molar-refractivity contribution in [3.05, 3.63) is 75.4 Å². The van der Waals surface area contributed by atoms with Crippen molar-refractivity contribution in [3.63, 3.8) is 0 Å². The van der Waals surface area contributed by atoms with Crippen molar-refractivity contribution in [3.8, 4) is 0 Å². The Balaban J connectivity index is 1.58. The highest BCUT2D eigenvalue weighted by Crippen LogP contribution is 2.23. The van der Waals surface area contributed by atoms with Gasteiger partial charge in [0.2, 0.25) is 10.0 Å². The molecule has 0 unspecified atom stereocenters. The second-order valence-electron chi connectivity index (χ2n) is 7.51. The summed E-state index contributed by atoms with van der Waals surface area (Å²) in [6.07, 6.45) is 0.763. The highest BCUT2D eigenvalue weighted by Gasteiger charge is 2.30. The number of rotatable bonds is 6. The minimum absolute atomic E-state index is 0.0971. The van der Waals surface area contributed by atoms with E-state index in [1.54, 1.807) is 12.1 Å². The highest BCUT2D eigenvalue weighted by atomic mass is 32.2. The van der Waals surface area contributed by atoms with Gasteiger partial charge in [0.15, 0.2) is 0 Å². The molecule has 0 N–H and O–H groups in total. The van der Waals surface area contributed by atoms with Crippen LogP contribution in [0.2, 0.25) is 0 Å². The van der Waals surface area contributed by atoms with E-state index in [4.69, 9.17) is 13.9 Å². The summed E-state index contributed by atoms with van der Waals surface area (Å²) in [5, 5.41) is 0.620. The first-order valence-corrected chi connectivity index (χ1v) is 11.8. The summed E-state index contributed by atoms with van der Waals surface area (Å²) < 4.78 is 56.9. The van der Waals surface area contributed by atoms with E-state index in [-0.39, 0.29) is 38.5 Å². The average Bonchev–Trinajstić information content (AvgIpc) is 2.82. The molecule has 8 nitrogen and oxygen atoms in total. The highest BCUT2D eigenvalue weighted by molar-refractivity contribution is 7.89. The van der Waals surface area contributed by atoms with Crippen LogP contribution in [0.4, 0.5) is 4.39 Å². The molecule has 1 aliphatic heterocycles. The molecule has 33 heavy (non-hydrogen) atoms. The maximum atomic E-state index is 14.4. The topological polar surface area (TPSA) is 103 Å². The number of nitrogens with zero attached hydrogens (tertiary/aromatic N) is 1. The monoisotopic (exact) mass is 475 g/mol. The zero-order valence-electron chi connectivity index (χ0n) is 17.9. The van der Waals surface area contributed by atoms with Crippen molar-refractivity contribution in [2.24, 2.45) is 0 Å². The number of halogens is 1. The molecule has 174 valence electrons. The summed E-state index contributed by atoms with van der Waals surface area (Å²) in [5.41, 5.74) is 1.11. The Labute approximate surface area is 189 Å². The van der Waals surface area contributed by atoms with E-state index in [0.29, 0.717) is 16.5 Å². The third kappa shape index (κ3) is 4.82. The largest absolute Gasteiger partial charge is 0.457 e. The Hall–Kier alpha value is -3.08. The minimum Gasteiger partial charge on any atom is -0.457 e. The Bertz CT molecular complexity index is 1360. The van der Waals surface area contributed by atoms with Gasteiger partial charge < -0.3 is 13.9 Å². The zero-order chi connectivity index (χ0) is 23.6. The average molecular weight is 475 g/mol. The number of ether oxygens (including phenoxy) is 2. The molecule has 10 heteroatoms. The first-order valence-electron chi connectivity index (χ1n) is 10.4. The predicted octanol–water partition coefficient (Wildman–Crippen LogP) is 2.87. The summed E-state index contributed by atoms with van der Waals surface area (Å²) in [7, 11) is -4.14. The van der Waals surface area contributed by atoms with E-state index in [1.807, 2.05) is 13.0 Å². The molecule has 0 bridgehead atoms. The van der Waals surface area contributed by atoms with Gasteiger partial charge in [-0.2, -0.15) is 4.31 Å². The minimum atomic E-state index is -4.14. The van der Waals surface area contributed by atoms with Crippen molar-refractivity contribution in [2.75, 3.05) is 26.3 Å². The number of carbonyl (C=O) groups excluding carboxylic acids is 1. The second-order valence-corrected chi connectivity index (χ2v) is 9.42. The maximum absolute atomic E-state index is 14.4. The van der Waals surface area contributed by atoms with Crippen LogP contribution in [0, 0.1) is 5.82 Å². The second kappa shape index (κ2) is 9.42. The van der Waals surface area contributed by atoms with Gasteiger partial charge in [0, 0.05) is 30.1 Å². The van der Waals surface area contributed by atoms with Crippen molar-refractivity contribution < 1.29 is 31.5 Å². The van der Waals surface area contributed by atoms with Crippen LogP contribution < -0.4 is 5.63 Å². The summed E-state index contributed by atoms with van der Waals surface area (Å²) >= 11 is 0. The number of fused-ring (bicyclic) bond motifs is 1. The molecule has 1 aromatic heterocycles. The standard InChI is InChI=1S/C23H22FNO7S/c1-2-15-3-5-18-17(13-22(26)32-20(18)11-15)14-31-23(27)16-4-6-19(24)21(12-16)33(28,29)25-7-9-30-10-8-25/h3-6,11-13H,2,7-10,14H2,1H3. The van der Waals surface area contributed by atoms with Crippen LogP contribution in [-0.2, 0) is 32.5 Å². The van der Waals surface area contributed by atoms with Gasteiger partial charge in [0.25, 0.3) is 0 Å². The van der Waals surface area contributed by atoms with Gasteiger partial charge in [0.05, 0.1) is 18.8 Å². The zero-order valence-corrected chi connectivity index (χ0v) is 18.7. The van der Waals surface area contributed by atoms with Crippen LogP contribution in [0.15, 0.2) is 56.6 Å². The lowest BCUT2D eigenvalue weighted by atomic mass is 10.1. The molecule has 2 heterocycles. The first-order chi connectivity index (χ1) is 15.8. The van der Waals surface area contributed by atoms with Crippen LogP contribution in [0.25, 0.3) is 11.0 Å². The Morgan fingerprint density at radius 1 is 1.12 bits per heavy atom. The third-order valence-electron chi connectivity index (χ3n) is 5.42. The lowest BCUT2D eigenvalue weighted by Crippen LogP contribution is -2.41. The van der Waals surface area contributed by atoms with Crippen LogP contribution >= 0.6 is 0 Å². The molecule has 0 aliphatic carbocycles. The van der Waals surface area contributed by atoms with Crippen molar-refractivity contribution in [1.82, 2.24) is 4.31 Å². The van der Waals surface area contributed by atoms with Gasteiger partial charge in [-0.3, -0.25) is 0 Å². The molecule has 0 amide bonds. The van der Waals surface area contributed by atoms with Crippen LogP contribution in [-0.4, -0.2) is 45.0 Å². The van der Waals surface area contributed by atoms with E-state index < -0.39 is 32.3 Å². The number of morpholine rings is 1. The van der Waals surface area contributed by atoms with Crippen LogP contribution in [0.5, 0.6) is 0 Å². The van der Waals surface area contributed by atoms with Gasteiger partial charge in [0.1, 0.15) is 22.9 Å². The molecule has 1 aliphatic rings. The lowest BCUT2D eigenvalue weighted by Gasteiger charge is -2.26. The van der Waals surface area contributed by atoms with Gasteiger partial charge >= 0.3 is 11.6 Å². The predicted molar refractivity (Wildman–Crippen MR) is 117 cm³/mol. The van der Waals surface area contributed by atoms with E-state index >= 15 is 0 Å². The Kier molecular flexibility index (Phi) is 6.59. The number of esters is 1. The van der Waals surface area contributed by atoms with Gasteiger partial charge in [-0.25, -0.2) is 22.4 Å². The number of carbonyl (C=O) groups is 1. The van der Waals surface area contributed by atoms with Crippen molar-refractivity contribution >= 4 is 27.0 Å². The van der Waals surface area contributed by atoms with Gasteiger partial charge in [-0.1, -0.05) is 19.1 Å². The Morgan fingerprint density at radius 3 is 2.61 bits per heavy atom. The van der Waals surface area contributed by atoms with E-state index in [0.717, 1.165) is 34.5 Å². The Morgan fingerprint density at radius 2 is 1.88 bits per heavy atom. The van der Waals surface area contributed by atoms with Crippen LogP contribution in [0.1, 0.15) is 28.4 Å². The molecule has 0 saturated carbocycles. The smallest absolute Gasteiger partial charge is 0.338 e. The molecular formula is C23H22FNO7S. The van der Waals surface area contributed by atoms with Gasteiger partial charge in [-0.05, 0) is 36.2 Å². The van der Waals surface area contributed by atoms with Crippen molar-refractivity contribution in [2.45, 2.75) is 24.8 Å². The fourth-order valence-electron chi connectivity index (χ4n) is 3.59. The van der Waals surface area contributed by atoms with E-state index in [9.17, 15) is 22.4 Å². The lowest BCUT2D eigenvalue weighted by molar-refractivity contribution is 0.0473. The summed E-state index contributed by atoms with van der Waals surface area (Å²) in [5.74, 6) is -1.81. The molecule has 0 spiro atoms. The maximum Gasteiger partial charge on any atom is 0.338 e. The van der Waals surface area contributed by atoms with Gasteiger partial charge in [-0.15, -0.1) is 0 Å². The summed E-state index contributed by atoms with van der Waals surface area (Å²) in [6.45, 7) is 2.35. The molecule has 4 rings (SSSR count). The number of hydrogen-bond donors (Lipinski definition) is 0. The number of benzene rings is 2. The summed E-state index contributed by atoms with van der Waals surface area (Å²) in [6, 6.07) is 9.70. The normalized spacial score (nSPS) is 15.0. The molecule has 3 aromatic rings. The fraction of sp³-hybridized carbons (Fsp3) is 0.304. The van der Waals surface area contributed by atoms with E-state index in [1.165, 1.54) is 6.07 Å². The first kappa shape index (κ1) is 23.1.